The van der Waals surface area contributed by atoms with Crippen molar-refractivity contribution in [1.29, 1.82) is 5.26 Å². The van der Waals surface area contributed by atoms with Gasteiger partial charge in [0.2, 0.25) is 0 Å². The molecule has 0 amide bonds. The molecule has 1 aromatic heterocycles. The lowest BCUT2D eigenvalue weighted by Gasteiger charge is -2.09. The van der Waals surface area contributed by atoms with Crippen LogP contribution in [0.3, 0.4) is 0 Å². The number of hydrogen-bond donors (Lipinski definition) is 1. The first-order valence-electron chi connectivity index (χ1n) is 5.93. The molecule has 0 spiro atoms. The Morgan fingerprint density at radius 1 is 1.37 bits per heavy atom. The zero-order valence-corrected chi connectivity index (χ0v) is 10.9. The minimum Gasteiger partial charge on any atom is -0.496 e. The maximum atomic E-state index is 8.90. The molecule has 1 N–H and O–H groups in total. The summed E-state index contributed by atoms with van der Waals surface area (Å²) in [4.78, 5) is 0. The third-order valence-electron chi connectivity index (χ3n) is 2.71. The molecule has 0 aliphatic heterocycles. The number of benzene rings is 1. The standard InChI is InChI=1S/C14H15N3O2/c1-10-5-13(17-19-10)9-16-8-12-6-11(7-15)3-4-14(12)18-2/h3-6,16H,8-9H2,1-2H3. The van der Waals surface area contributed by atoms with Gasteiger partial charge in [0, 0.05) is 24.7 Å². The van der Waals surface area contributed by atoms with E-state index in [0.717, 1.165) is 22.8 Å². The quantitative estimate of drug-likeness (QED) is 0.888. The molecule has 0 saturated heterocycles. The maximum absolute atomic E-state index is 8.90. The number of hydrogen-bond acceptors (Lipinski definition) is 5. The van der Waals surface area contributed by atoms with Gasteiger partial charge in [0.25, 0.3) is 0 Å². The summed E-state index contributed by atoms with van der Waals surface area (Å²) < 4.78 is 10.3. The second-order valence-electron chi connectivity index (χ2n) is 4.17. The van der Waals surface area contributed by atoms with Crippen molar-refractivity contribution in [3.05, 3.63) is 46.8 Å². The molecule has 2 rings (SSSR count). The second-order valence-corrected chi connectivity index (χ2v) is 4.17. The van der Waals surface area contributed by atoms with Gasteiger partial charge in [-0.1, -0.05) is 5.16 Å². The van der Waals surface area contributed by atoms with Gasteiger partial charge < -0.3 is 14.6 Å². The summed E-state index contributed by atoms with van der Waals surface area (Å²) in [6.07, 6.45) is 0. The summed E-state index contributed by atoms with van der Waals surface area (Å²) in [5.74, 6) is 1.56. The molecular weight excluding hydrogens is 242 g/mol. The van der Waals surface area contributed by atoms with E-state index in [1.54, 1.807) is 19.2 Å². The largest absolute Gasteiger partial charge is 0.496 e. The summed E-state index contributed by atoms with van der Waals surface area (Å²) in [5, 5.41) is 16.0. The number of ether oxygens (including phenoxy) is 1. The third-order valence-corrected chi connectivity index (χ3v) is 2.71. The molecule has 0 unspecified atom stereocenters. The van der Waals surface area contributed by atoms with E-state index in [-0.39, 0.29) is 0 Å². The summed E-state index contributed by atoms with van der Waals surface area (Å²) in [5.41, 5.74) is 2.42. The summed E-state index contributed by atoms with van der Waals surface area (Å²) >= 11 is 0. The number of rotatable bonds is 5. The van der Waals surface area contributed by atoms with Crippen LogP contribution in [-0.4, -0.2) is 12.3 Å². The van der Waals surface area contributed by atoms with Gasteiger partial charge in [-0.3, -0.25) is 0 Å². The molecule has 0 atom stereocenters. The molecule has 5 heteroatoms. The molecule has 1 aromatic carbocycles. The highest BCUT2D eigenvalue weighted by molar-refractivity contribution is 5.41. The van der Waals surface area contributed by atoms with Crippen LogP contribution in [0.2, 0.25) is 0 Å². The summed E-state index contributed by atoms with van der Waals surface area (Å²) in [6, 6.07) is 9.36. The second kappa shape index (κ2) is 6.03. The Bertz CT molecular complexity index is 599. The summed E-state index contributed by atoms with van der Waals surface area (Å²) in [7, 11) is 1.62. The van der Waals surface area contributed by atoms with Crippen LogP contribution in [0.25, 0.3) is 0 Å². The van der Waals surface area contributed by atoms with Crippen LogP contribution in [0.5, 0.6) is 5.75 Å². The van der Waals surface area contributed by atoms with Crippen LogP contribution in [0.1, 0.15) is 22.6 Å². The van der Waals surface area contributed by atoms with Crippen molar-refractivity contribution in [2.75, 3.05) is 7.11 Å². The molecule has 0 saturated carbocycles. The molecule has 0 radical (unpaired) electrons. The number of aromatic nitrogens is 1. The zero-order valence-electron chi connectivity index (χ0n) is 10.9. The highest BCUT2D eigenvalue weighted by Gasteiger charge is 2.05. The first-order valence-corrected chi connectivity index (χ1v) is 5.93. The van der Waals surface area contributed by atoms with Gasteiger partial charge in [0.05, 0.1) is 24.4 Å². The predicted octanol–water partition coefficient (Wildman–Crippen LogP) is 2.15. The Morgan fingerprint density at radius 2 is 2.21 bits per heavy atom. The minimum absolute atomic E-state index is 0.602. The Morgan fingerprint density at radius 3 is 2.84 bits per heavy atom. The van der Waals surface area contributed by atoms with Crippen LogP contribution in [0, 0.1) is 18.3 Å². The lowest BCUT2D eigenvalue weighted by Crippen LogP contribution is -2.13. The van der Waals surface area contributed by atoms with Gasteiger partial charge in [0.1, 0.15) is 11.5 Å². The molecule has 0 bridgehead atoms. The number of aryl methyl sites for hydroxylation is 1. The lowest BCUT2D eigenvalue weighted by molar-refractivity contribution is 0.387. The first kappa shape index (κ1) is 13.1. The fraction of sp³-hybridized carbons (Fsp3) is 0.286. The Hall–Kier alpha value is -2.32. The number of nitrogens with zero attached hydrogens (tertiary/aromatic N) is 2. The Labute approximate surface area is 111 Å². The van der Waals surface area contributed by atoms with Crippen molar-refractivity contribution < 1.29 is 9.26 Å². The maximum Gasteiger partial charge on any atom is 0.133 e. The number of nitrogens with one attached hydrogen (secondary N) is 1. The van der Waals surface area contributed by atoms with Gasteiger partial charge in [-0.25, -0.2) is 0 Å². The van der Waals surface area contributed by atoms with Crippen LogP contribution < -0.4 is 10.1 Å². The van der Waals surface area contributed by atoms with Gasteiger partial charge >= 0.3 is 0 Å². The highest BCUT2D eigenvalue weighted by Crippen LogP contribution is 2.19. The first-order chi connectivity index (χ1) is 9.22. The smallest absolute Gasteiger partial charge is 0.133 e. The van der Waals surface area contributed by atoms with E-state index in [1.165, 1.54) is 0 Å². The van der Waals surface area contributed by atoms with E-state index in [9.17, 15) is 0 Å². The fourth-order valence-corrected chi connectivity index (χ4v) is 1.81. The average Bonchev–Trinajstić information content (AvgIpc) is 2.84. The fourth-order valence-electron chi connectivity index (χ4n) is 1.81. The minimum atomic E-state index is 0.602. The van der Waals surface area contributed by atoms with Crippen molar-refractivity contribution in [1.82, 2.24) is 10.5 Å². The lowest BCUT2D eigenvalue weighted by atomic mass is 10.1. The van der Waals surface area contributed by atoms with E-state index >= 15 is 0 Å². The van der Waals surface area contributed by atoms with Gasteiger partial charge in [-0.05, 0) is 25.1 Å². The van der Waals surface area contributed by atoms with E-state index < -0.39 is 0 Å². The Balaban J connectivity index is 2.00. The van der Waals surface area contributed by atoms with E-state index in [0.29, 0.717) is 18.7 Å². The van der Waals surface area contributed by atoms with Gasteiger partial charge in [-0.15, -0.1) is 0 Å². The topological polar surface area (TPSA) is 71.1 Å². The average molecular weight is 257 g/mol. The van der Waals surface area contributed by atoms with E-state index in [1.807, 2.05) is 19.1 Å². The zero-order chi connectivity index (χ0) is 13.7. The van der Waals surface area contributed by atoms with E-state index in [2.05, 4.69) is 16.5 Å². The molecule has 0 aliphatic carbocycles. The number of nitriles is 1. The van der Waals surface area contributed by atoms with Crippen LogP contribution in [0.4, 0.5) is 0 Å². The van der Waals surface area contributed by atoms with E-state index in [4.69, 9.17) is 14.5 Å². The van der Waals surface area contributed by atoms with Crippen LogP contribution in [0.15, 0.2) is 28.8 Å². The molecule has 19 heavy (non-hydrogen) atoms. The van der Waals surface area contributed by atoms with Crippen molar-refractivity contribution in [2.45, 2.75) is 20.0 Å². The molecule has 0 aliphatic rings. The third kappa shape index (κ3) is 3.33. The number of methoxy groups -OCH3 is 1. The summed E-state index contributed by atoms with van der Waals surface area (Å²) in [6.45, 7) is 3.07. The predicted molar refractivity (Wildman–Crippen MR) is 69.5 cm³/mol. The van der Waals surface area contributed by atoms with Crippen molar-refractivity contribution in [3.8, 4) is 11.8 Å². The molecular formula is C14H15N3O2. The van der Waals surface area contributed by atoms with Crippen LogP contribution in [-0.2, 0) is 13.1 Å². The molecule has 98 valence electrons. The van der Waals surface area contributed by atoms with Crippen molar-refractivity contribution in [3.63, 3.8) is 0 Å². The van der Waals surface area contributed by atoms with Crippen LogP contribution >= 0.6 is 0 Å². The molecule has 5 nitrogen and oxygen atoms in total. The Kier molecular flexibility index (Phi) is 4.16. The molecule has 0 fully saturated rings. The van der Waals surface area contributed by atoms with Crippen molar-refractivity contribution >= 4 is 0 Å². The van der Waals surface area contributed by atoms with Gasteiger partial charge in [0.15, 0.2) is 0 Å². The normalized spacial score (nSPS) is 10.2. The monoisotopic (exact) mass is 257 g/mol. The SMILES string of the molecule is COc1ccc(C#N)cc1CNCc1cc(C)on1. The van der Waals surface area contributed by atoms with Crippen molar-refractivity contribution in [2.24, 2.45) is 0 Å². The highest BCUT2D eigenvalue weighted by atomic mass is 16.5. The molecule has 2 aromatic rings. The van der Waals surface area contributed by atoms with Gasteiger partial charge in [-0.2, -0.15) is 5.26 Å². The molecule has 1 heterocycles.